The van der Waals surface area contributed by atoms with E-state index in [1.165, 1.54) is 18.1 Å². The van der Waals surface area contributed by atoms with Crippen molar-refractivity contribution in [2.24, 2.45) is 11.8 Å². The van der Waals surface area contributed by atoms with Gasteiger partial charge in [0.1, 0.15) is 22.8 Å². The fourth-order valence-corrected chi connectivity index (χ4v) is 5.53. The number of phenols is 3. The van der Waals surface area contributed by atoms with Gasteiger partial charge in [0, 0.05) is 23.0 Å². The van der Waals surface area contributed by atoms with E-state index in [9.17, 15) is 20.1 Å². The second-order valence-corrected chi connectivity index (χ2v) is 9.87. The average molecular weight is 437 g/mol. The number of phenolic OH excluding ortho intramolecular Hbond substituents is 3. The first-order valence-electron chi connectivity index (χ1n) is 11.4. The van der Waals surface area contributed by atoms with Crippen LogP contribution in [0.2, 0.25) is 0 Å². The first kappa shape index (κ1) is 23.9. The van der Waals surface area contributed by atoms with Gasteiger partial charge >= 0.3 is 0 Å². The molecule has 0 aromatic heterocycles. The summed E-state index contributed by atoms with van der Waals surface area (Å²) in [7, 11) is 0. The SMILES string of the molecule is C=C(C)[C@@H]1CCC(C)=C[C@H]1c1c(O)c(C(C)=O)c(O)c([C@@H]2C=C(C)CC[C@H]2C(=C)C)c1O. The molecule has 0 spiro atoms. The van der Waals surface area contributed by atoms with E-state index in [1.54, 1.807) is 0 Å². The highest BCUT2D eigenvalue weighted by Gasteiger charge is 2.38. The third-order valence-corrected chi connectivity index (χ3v) is 7.27. The second kappa shape index (κ2) is 9.01. The molecule has 3 N–H and O–H groups in total. The van der Waals surface area contributed by atoms with Crippen molar-refractivity contribution >= 4 is 5.78 Å². The van der Waals surface area contributed by atoms with Crippen molar-refractivity contribution in [2.75, 3.05) is 0 Å². The summed E-state index contributed by atoms with van der Waals surface area (Å²) in [5.41, 5.74) is 4.76. The van der Waals surface area contributed by atoms with Crippen molar-refractivity contribution in [3.63, 3.8) is 0 Å². The van der Waals surface area contributed by atoms with Gasteiger partial charge in [-0.2, -0.15) is 0 Å². The molecule has 2 aliphatic rings. The molecule has 0 radical (unpaired) electrons. The number of hydrogen-bond acceptors (Lipinski definition) is 4. The Morgan fingerprint density at radius 3 is 1.47 bits per heavy atom. The van der Waals surface area contributed by atoms with Crippen molar-refractivity contribution in [1.29, 1.82) is 0 Å². The highest BCUT2D eigenvalue weighted by Crippen LogP contribution is 2.55. The smallest absolute Gasteiger partial charge is 0.167 e. The lowest BCUT2D eigenvalue weighted by molar-refractivity contribution is 0.101. The molecule has 172 valence electrons. The Kier molecular flexibility index (Phi) is 6.73. The van der Waals surface area contributed by atoms with Gasteiger partial charge in [-0.1, -0.05) is 47.6 Å². The van der Waals surface area contributed by atoms with E-state index in [4.69, 9.17) is 0 Å². The fourth-order valence-electron chi connectivity index (χ4n) is 5.53. The minimum Gasteiger partial charge on any atom is -0.507 e. The Balaban J connectivity index is 2.38. The molecule has 0 bridgehead atoms. The number of hydrogen-bond donors (Lipinski definition) is 3. The second-order valence-electron chi connectivity index (χ2n) is 9.87. The lowest BCUT2D eigenvalue weighted by atomic mass is 9.70. The van der Waals surface area contributed by atoms with Crippen molar-refractivity contribution < 1.29 is 20.1 Å². The molecule has 0 saturated carbocycles. The van der Waals surface area contributed by atoms with Gasteiger partial charge in [0.05, 0.1) is 0 Å². The van der Waals surface area contributed by atoms with Crippen LogP contribution in [0.3, 0.4) is 0 Å². The van der Waals surface area contributed by atoms with Crippen LogP contribution in [0.15, 0.2) is 47.6 Å². The maximum absolute atomic E-state index is 12.6. The molecule has 0 saturated heterocycles. The van der Waals surface area contributed by atoms with Crippen LogP contribution < -0.4 is 0 Å². The molecular weight excluding hydrogens is 400 g/mol. The highest BCUT2D eigenvalue weighted by molar-refractivity contribution is 6.01. The van der Waals surface area contributed by atoms with Crippen LogP contribution in [0.25, 0.3) is 0 Å². The summed E-state index contributed by atoms with van der Waals surface area (Å²) in [4.78, 5) is 12.6. The van der Waals surface area contributed by atoms with Crippen LogP contribution in [0.4, 0.5) is 0 Å². The zero-order chi connectivity index (χ0) is 23.9. The summed E-state index contributed by atoms with van der Waals surface area (Å²) in [6.07, 6.45) is 7.65. The maximum Gasteiger partial charge on any atom is 0.167 e. The molecule has 1 aromatic carbocycles. The van der Waals surface area contributed by atoms with Gasteiger partial charge in [-0.15, -0.1) is 0 Å². The predicted molar refractivity (Wildman–Crippen MR) is 130 cm³/mol. The van der Waals surface area contributed by atoms with Crippen LogP contribution >= 0.6 is 0 Å². The third-order valence-electron chi connectivity index (χ3n) is 7.27. The molecular formula is C28H36O4. The molecule has 4 atom stereocenters. The van der Waals surface area contributed by atoms with Crippen molar-refractivity contribution in [2.45, 2.75) is 72.1 Å². The van der Waals surface area contributed by atoms with Crippen LogP contribution in [-0.2, 0) is 0 Å². The molecule has 0 aliphatic heterocycles. The van der Waals surface area contributed by atoms with Gasteiger partial charge in [-0.05, 0) is 72.1 Å². The quantitative estimate of drug-likeness (QED) is 0.342. The molecule has 0 heterocycles. The first-order valence-corrected chi connectivity index (χ1v) is 11.4. The number of Topliss-reactive ketones (excluding diaryl/α,β-unsaturated/α-hetero) is 1. The van der Waals surface area contributed by atoms with Crippen LogP contribution in [0.5, 0.6) is 17.2 Å². The number of benzene rings is 1. The van der Waals surface area contributed by atoms with Crippen LogP contribution in [0, 0.1) is 11.8 Å². The van der Waals surface area contributed by atoms with Crippen LogP contribution in [-0.4, -0.2) is 21.1 Å². The van der Waals surface area contributed by atoms with Gasteiger partial charge in [-0.3, -0.25) is 4.79 Å². The Labute approximate surface area is 191 Å². The Bertz CT molecular complexity index is 967. The third kappa shape index (κ3) is 4.15. The van der Waals surface area contributed by atoms with E-state index in [2.05, 4.69) is 25.3 Å². The highest BCUT2D eigenvalue weighted by atomic mass is 16.3. The topological polar surface area (TPSA) is 77.8 Å². The number of carbonyl (C=O) groups excluding carboxylic acids is 1. The zero-order valence-corrected chi connectivity index (χ0v) is 20.0. The molecule has 0 unspecified atom stereocenters. The van der Waals surface area contributed by atoms with Gasteiger partial charge in [0.2, 0.25) is 0 Å². The van der Waals surface area contributed by atoms with Crippen molar-refractivity contribution in [1.82, 2.24) is 0 Å². The summed E-state index contributed by atoms with van der Waals surface area (Å²) in [6, 6.07) is 0. The standard InChI is InChI=1S/C28H36O4/c1-14(2)19-10-8-16(5)12-21(19)24-26(30)23(18(7)29)27(31)25(28(24)32)22-13-17(6)9-11-20(22)15(3)4/h12-13,19-22,30-32H,1,3,8-11H2,2,4-7H3/t19-,20-,21+,22+/m0/s1. The first-order chi connectivity index (χ1) is 15.0. The number of allylic oxidation sites excluding steroid dienone is 6. The summed E-state index contributed by atoms with van der Waals surface area (Å²) in [5, 5.41) is 33.9. The molecule has 4 nitrogen and oxygen atoms in total. The number of ketones is 1. The Hall–Kier alpha value is -2.75. The molecule has 0 amide bonds. The summed E-state index contributed by atoms with van der Waals surface area (Å²) >= 11 is 0. The van der Waals surface area contributed by atoms with Crippen molar-refractivity contribution in [3.8, 4) is 17.2 Å². The minimum atomic E-state index is -0.436. The normalized spacial score (nSPS) is 25.7. The van der Waals surface area contributed by atoms with Gasteiger partial charge in [0.15, 0.2) is 5.78 Å². The van der Waals surface area contributed by atoms with Gasteiger partial charge in [-0.25, -0.2) is 0 Å². The van der Waals surface area contributed by atoms with Crippen LogP contribution in [0.1, 0.15) is 93.6 Å². The average Bonchev–Trinajstić information content (AvgIpc) is 2.67. The van der Waals surface area contributed by atoms with Gasteiger partial charge in [0.25, 0.3) is 0 Å². The summed E-state index contributed by atoms with van der Waals surface area (Å²) in [5.74, 6) is -1.83. The van der Waals surface area contributed by atoms with E-state index < -0.39 is 5.78 Å². The fraction of sp³-hybridized carbons (Fsp3) is 0.464. The van der Waals surface area contributed by atoms with E-state index in [-0.39, 0.29) is 46.5 Å². The van der Waals surface area contributed by atoms with Crippen molar-refractivity contribution in [3.05, 3.63) is 64.3 Å². The van der Waals surface area contributed by atoms with E-state index in [0.717, 1.165) is 36.8 Å². The molecule has 3 rings (SSSR count). The number of aromatic hydroxyl groups is 3. The zero-order valence-electron chi connectivity index (χ0n) is 20.0. The van der Waals surface area contributed by atoms with E-state index in [0.29, 0.717) is 11.1 Å². The lowest BCUT2D eigenvalue weighted by Gasteiger charge is -2.35. The summed E-state index contributed by atoms with van der Waals surface area (Å²) in [6.45, 7) is 17.6. The summed E-state index contributed by atoms with van der Waals surface area (Å²) < 4.78 is 0. The minimum absolute atomic E-state index is 0.0215. The monoisotopic (exact) mass is 436 g/mol. The molecule has 1 aromatic rings. The molecule has 0 fully saturated rings. The molecule has 32 heavy (non-hydrogen) atoms. The van der Waals surface area contributed by atoms with E-state index in [1.807, 2.05) is 27.7 Å². The predicted octanol–water partition coefficient (Wildman–Crippen LogP) is 7.04. The lowest BCUT2D eigenvalue weighted by Crippen LogP contribution is -2.21. The number of carbonyl (C=O) groups is 1. The Morgan fingerprint density at radius 1 is 0.781 bits per heavy atom. The number of rotatable bonds is 5. The molecule has 2 aliphatic carbocycles. The molecule has 4 heteroatoms. The Morgan fingerprint density at radius 2 is 1.16 bits per heavy atom. The van der Waals surface area contributed by atoms with Gasteiger partial charge < -0.3 is 15.3 Å². The van der Waals surface area contributed by atoms with E-state index >= 15 is 0 Å². The largest absolute Gasteiger partial charge is 0.507 e. The maximum atomic E-state index is 12.6.